The monoisotopic (exact) mass is 344 g/mol. The lowest BCUT2D eigenvalue weighted by Crippen LogP contribution is -2.52. The predicted molar refractivity (Wildman–Crippen MR) is 83.6 cm³/mol. The summed E-state index contributed by atoms with van der Waals surface area (Å²) in [4.78, 5) is 15.7. The first-order valence-electron chi connectivity index (χ1n) is 6.85. The van der Waals surface area contributed by atoms with Crippen molar-refractivity contribution in [3.63, 3.8) is 0 Å². The zero-order valence-electron chi connectivity index (χ0n) is 11.5. The molecular weight excluding hydrogens is 324 g/mol. The van der Waals surface area contributed by atoms with Crippen LogP contribution < -0.4 is 5.32 Å². The van der Waals surface area contributed by atoms with Crippen LogP contribution in [0.2, 0.25) is 0 Å². The second-order valence-electron chi connectivity index (χ2n) is 5.30. The molecular formula is C14H21BrN2OS. The fourth-order valence-electron chi connectivity index (χ4n) is 2.45. The normalized spacial score (nSPS) is 20.3. The molecule has 1 aromatic rings. The van der Waals surface area contributed by atoms with Crippen molar-refractivity contribution in [1.29, 1.82) is 0 Å². The van der Waals surface area contributed by atoms with Gasteiger partial charge in [0.2, 0.25) is 5.91 Å². The van der Waals surface area contributed by atoms with Crippen molar-refractivity contribution in [3.05, 3.63) is 20.8 Å². The van der Waals surface area contributed by atoms with Gasteiger partial charge in [-0.3, -0.25) is 4.79 Å². The molecule has 5 heteroatoms. The van der Waals surface area contributed by atoms with Gasteiger partial charge in [-0.1, -0.05) is 13.8 Å². The Bertz CT molecular complexity index is 433. The fourth-order valence-corrected chi connectivity index (χ4v) is 3.92. The maximum atomic E-state index is 12.3. The van der Waals surface area contributed by atoms with E-state index < -0.39 is 0 Å². The molecule has 1 N–H and O–H groups in total. The molecule has 19 heavy (non-hydrogen) atoms. The number of piperidine rings is 1. The van der Waals surface area contributed by atoms with E-state index in [9.17, 15) is 4.79 Å². The lowest BCUT2D eigenvalue weighted by Gasteiger charge is -2.33. The minimum atomic E-state index is 0.0174. The number of carbonyl (C=O) groups is 1. The van der Waals surface area contributed by atoms with Crippen LogP contribution in [0.5, 0.6) is 0 Å². The second-order valence-corrected chi connectivity index (χ2v) is 7.84. The van der Waals surface area contributed by atoms with Gasteiger partial charge in [-0.25, -0.2) is 0 Å². The Morgan fingerprint density at radius 2 is 2.32 bits per heavy atom. The third-order valence-corrected chi connectivity index (χ3v) is 5.01. The number of amides is 1. The highest BCUT2D eigenvalue weighted by molar-refractivity contribution is 9.11. The van der Waals surface area contributed by atoms with E-state index in [1.165, 1.54) is 4.88 Å². The average molecular weight is 345 g/mol. The van der Waals surface area contributed by atoms with E-state index >= 15 is 0 Å². The Kier molecular flexibility index (Phi) is 5.42. The highest BCUT2D eigenvalue weighted by Crippen LogP contribution is 2.23. The van der Waals surface area contributed by atoms with E-state index in [0.717, 1.165) is 36.1 Å². The topological polar surface area (TPSA) is 32.3 Å². The van der Waals surface area contributed by atoms with Crippen LogP contribution in [0, 0.1) is 0 Å². The molecule has 0 aromatic carbocycles. The Hall–Kier alpha value is -0.390. The zero-order valence-corrected chi connectivity index (χ0v) is 13.9. The molecule has 1 aromatic heterocycles. The van der Waals surface area contributed by atoms with Gasteiger partial charge in [0.05, 0.1) is 9.83 Å². The van der Waals surface area contributed by atoms with Crippen molar-refractivity contribution < 1.29 is 4.79 Å². The third kappa shape index (κ3) is 4.29. The first-order valence-corrected chi connectivity index (χ1v) is 8.46. The number of halogens is 1. The summed E-state index contributed by atoms with van der Waals surface area (Å²) in [5.74, 6) is 0.274. The molecule has 1 fully saturated rings. The number of carbonyl (C=O) groups excluding carboxylic acids is 1. The highest BCUT2D eigenvalue weighted by atomic mass is 79.9. The Morgan fingerprint density at radius 3 is 2.95 bits per heavy atom. The Labute approximate surface area is 127 Å². The summed E-state index contributed by atoms with van der Waals surface area (Å²) in [5, 5.41) is 3.37. The number of nitrogens with one attached hydrogen (secondary N) is 1. The van der Waals surface area contributed by atoms with Crippen LogP contribution in [-0.4, -0.2) is 36.0 Å². The lowest BCUT2D eigenvalue weighted by atomic mass is 10.0. The first kappa shape index (κ1) is 15.0. The van der Waals surface area contributed by atoms with Gasteiger partial charge in [-0.05, 0) is 47.3 Å². The van der Waals surface area contributed by atoms with E-state index in [0.29, 0.717) is 6.04 Å². The van der Waals surface area contributed by atoms with Gasteiger partial charge >= 0.3 is 0 Å². The van der Waals surface area contributed by atoms with Crippen molar-refractivity contribution in [2.75, 3.05) is 13.1 Å². The smallest absolute Gasteiger partial charge is 0.239 e. The van der Waals surface area contributed by atoms with E-state index in [-0.39, 0.29) is 11.9 Å². The van der Waals surface area contributed by atoms with Crippen molar-refractivity contribution >= 4 is 33.2 Å². The van der Waals surface area contributed by atoms with E-state index in [1.54, 1.807) is 11.3 Å². The van der Waals surface area contributed by atoms with E-state index in [4.69, 9.17) is 0 Å². The molecule has 0 spiro atoms. The number of hydrogen-bond acceptors (Lipinski definition) is 3. The van der Waals surface area contributed by atoms with Gasteiger partial charge in [-0.15, -0.1) is 11.3 Å². The van der Waals surface area contributed by atoms with Crippen LogP contribution in [0.1, 0.15) is 31.6 Å². The van der Waals surface area contributed by atoms with Gasteiger partial charge in [0, 0.05) is 24.0 Å². The molecule has 1 aliphatic rings. The van der Waals surface area contributed by atoms with Gasteiger partial charge in [0.15, 0.2) is 0 Å². The van der Waals surface area contributed by atoms with Gasteiger partial charge in [0.1, 0.15) is 0 Å². The van der Waals surface area contributed by atoms with Crippen LogP contribution >= 0.6 is 27.3 Å². The summed E-state index contributed by atoms with van der Waals surface area (Å²) in [6.45, 7) is 5.93. The van der Waals surface area contributed by atoms with Crippen molar-refractivity contribution in [2.24, 2.45) is 0 Å². The minimum absolute atomic E-state index is 0.0174. The number of rotatable bonds is 5. The van der Waals surface area contributed by atoms with Gasteiger partial charge < -0.3 is 10.2 Å². The number of nitrogens with zero attached hydrogens (tertiary/aromatic N) is 1. The average Bonchev–Trinajstić information content (AvgIpc) is 2.76. The van der Waals surface area contributed by atoms with Crippen LogP contribution in [0.3, 0.4) is 0 Å². The summed E-state index contributed by atoms with van der Waals surface area (Å²) in [5.41, 5.74) is 0. The van der Waals surface area contributed by atoms with Gasteiger partial charge in [0.25, 0.3) is 0 Å². The molecule has 1 saturated heterocycles. The molecule has 3 nitrogen and oxygen atoms in total. The van der Waals surface area contributed by atoms with E-state index in [1.807, 2.05) is 4.90 Å². The summed E-state index contributed by atoms with van der Waals surface area (Å²) in [6.07, 6.45) is 3.03. The molecule has 0 bridgehead atoms. The quantitative estimate of drug-likeness (QED) is 0.890. The molecule has 0 radical (unpaired) electrons. The zero-order chi connectivity index (χ0) is 13.8. The second kappa shape index (κ2) is 6.86. The summed E-state index contributed by atoms with van der Waals surface area (Å²) >= 11 is 5.23. The molecule has 1 amide bonds. The maximum absolute atomic E-state index is 12.3. The van der Waals surface area contributed by atoms with Crippen molar-refractivity contribution in [3.8, 4) is 0 Å². The van der Waals surface area contributed by atoms with Gasteiger partial charge in [-0.2, -0.15) is 0 Å². The van der Waals surface area contributed by atoms with E-state index in [2.05, 4.69) is 47.2 Å². The molecule has 2 rings (SSSR count). The summed E-state index contributed by atoms with van der Waals surface area (Å²) < 4.78 is 1.16. The first-order chi connectivity index (χ1) is 9.06. The maximum Gasteiger partial charge on any atom is 0.239 e. The molecule has 1 atom stereocenters. The molecule has 106 valence electrons. The largest absolute Gasteiger partial charge is 0.341 e. The molecule has 2 heterocycles. The SMILES string of the molecule is CC(C)NC1CCCN(CCc2ccc(Br)s2)C1=O. The van der Waals surface area contributed by atoms with Crippen LogP contribution in [0.4, 0.5) is 0 Å². The lowest BCUT2D eigenvalue weighted by molar-refractivity contribution is -0.136. The summed E-state index contributed by atoms with van der Waals surface area (Å²) in [7, 11) is 0. The van der Waals surface area contributed by atoms with Crippen LogP contribution in [0.25, 0.3) is 0 Å². The molecule has 0 saturated carbocycles. The van der Waals surface area contributed by atoms with Crippen LogP contribution in [-0.2, 0) is 11.2 Å². The van der Waals surface area contributed by atoms with Crippen molar-refractivity contribution in [2.45, 2.75) is 45.2 Å². The van der Waals surface area contributed by atoms with Crippen LogP contribution in [0.15, 0.2) is 15.9 Å². The third-order valence-electron chi connectivity index (χ3n) is 3.32. The number of hydrogen-bond donors (Lipinski definition) is 1. The van der Waals surface area contributed by atoms with Crippen molar-refractivity contribution in [1.82, 2.24) is 10.2 Å². The fraction of sp³-hybridized carbons (Fsp3) is 0.643. The summed E-state index contributed by atoms with van der Waals surface area (Å²) in [6, 6.07) is 4.58. The molecule has 0 aliphatic carbocycles. The number of thiophene rings is 1. The predicted octanol–water partition coefficient (Wildman–Crippen LogP) is 3.04. The Morgan fingerprint density at radius 1 is 1.53 bits per heavy atom. The standard InChI is InChI=1S/C14H21BrN2OS/c1-10(2)16-12-4-3-8-17(14(12)18)9-7-11-5-6-13(15)19-11/h5-6,10,12,16H,3-4,7-9H2,1-2H3. The molecule has 1 unspecified atom stereocenters. The highest BCUT2D eigenvalue weighted by Gasteiger charge is 2.28. The minimum Gasteiger partial charge on any atom is -0.341 e. The molecule has 1 aliphatic heterocycles. The number of likely N-dealkylation sites (tertiary alicyclic amines) is 1. The Balaban J connectivity index is 1.87.